The highest BCUT2D eigenvalue weighted by Crippen LogP contribution is 2.23. The maximum absolute atomic E-state index is 12.4. The first-order chi connectivity index (χ1) is 14.9. The lowest BCUT2D eigenvalue weighted by atomic mass is 10.1. The zero-order valence-corrected chi connectivity index (χ0v) is 17.1. The molecule has 3 heterocycles. The van der Waals surface area contributed by atoms with E-state index in [-0.39, 0.29) is 17.8 Å². The van der Waals surface area contributed by atoms with Crippen LogP contribution < -0.4 is 10.6 Å². The van der Waals surface area contributed by atoms with E-state index in [1.807, 2.05) is 12.1 Å². The Labute approximate surface area is 177 Å². The molecule has 0 radical (unpaired) electrons. The van der Waals surface area contributed by atoms with E-state index in [1.54, 1.807) is 49.7 Å². The van der Waals surface area contributed by atoms with Crippen LogP contribution in [0.4, 0.5) is 16.2 Å². The number of nitrogens with zero attached hydrogens (tertiary/aromatic N) is 4. The molecule has 31 heavy (non-hydrogen) atoms. The molecule has 0 aliphatic heterocycles. The SMILES string of the molecule is Cc1ncoc1C(=O)Nc1cccc(-c2cn3cc(NC(=O)OC(C)C)cnc3n2)c1. The molecule has 0 saturated carbocycles. The van der Waals surface area contributed by atoms with Gasteiger partial charge in [0.25, 0.3) is 5.91 Å². The highest BCUT2D eigenvalue weighted by molar-refractivity contribution is 6.03. The third-order valence-corrected chi connectivity index (χ3v) is 4.27. The van der Waals surface area contributed by atoms with Crippen molar-refractivity contribution < 1.29 is 18.7 Å². The zero-order valence-electron chi connectivity index (χ0n) is 17.1. The summed E-state index contributed by atoms with van der Waals surface area (Å²) in [5.41, 5.74) is 3.02. The normalized spacial score (nSPS) is 11.0. The summed E-state index contributed by atoms with van der Waals surface area (Å²) in [6.45, 7) is 5.24. The predicted molar refractivity (Wildman–Crippen MR) is 113 cm³/mol. The summed E-state index contributed by atoms with van der Waals surface area (Å²) in [5, 5.41) is 5.42. The Morgan fingerprint density at radius 1 is 1.13 bits per heavy atom. The monoisotopic (exact) mass is 420 g/mol. The van der Waals surface area contributed by atoms with Gasteiger partial charge in [-0.2, -0.15) is 0 Å². The summed E-state index contributed by atoms with van der Waals surface area (Å²) in [6.07, 6.45) is 5.43. The van der Waals surface area contributed by atoms with Crippen molar-refractivity contribution in [2.24, 2.45) is 0 Å². The summed E-state index contributed by atoms with van der Waals surface area (Å²) in [7, 11) is 0. The number of fused-ring (bicyclic) bond motifs is 1. The number of imidazole rings is 1. The molecule has 0 saturated heterocycles. The van der Waals surface area contributed by atoms with Crippen LogP contribution >= 0.6 is 0 Å². The van der Waals surface area contributed by atoms with Gasteiger partial charge in [-0.1, -0.05) is 12.1 Å². The number of anilines is 2. The number of aromatic nitrogens is 4. The van der Waals surface area contributed by atoms with Gasteiger partial charge in [0.1, 0.15) is 0 Å². The molecule has 0 fully saturated rings. The summed E-state index contributed by atoms with van der Waals surface area (Å²) >= 11 is 0. The lowest BCUT2D eigenvalue weighted by molar-refractivity contribution is 0.0995. The Balaban J connectivity index is 1.54. The summed E-state index contributed by atoms with van der Waals surface area (Å²) in [4.78, 5) is 36.8. The van der Waals surface area contributed by atoms with Gasteiger partial charge in [-0.05, 0) is 32.9 Å². The van der Waals surface area contributed by atoms with Crippen molar-refractivity contribution in [3.8, 4) is 11.3 Å². The van der Waals surface area contributed by atoms with Crippen LogP contribution in [0.1, 0.15) is 30.1 Å². The lowest BCUT2D eigenvalue weighted by Crippen LogP contribution is -2.18. The van der Waals surface area contributed by atoms with E-state index in [0.717, 1.165) is 5.56 Å². The van der Waals surface area contributed by atoms with Crippen molar-refractivity contribution in [3.05, 3.63) is 60.7 Å². The molecule has 0 atom stereocenters. The molecule has 0 bridgehead atoms. The third-order valence-electron chi connectivity index (χ3n) is 4.27. The van der Waals surface area contributed by atoms with E-state index in [9.17, 15) is 9.59 Å². The molecule has 0 spiro atoms. The van der Waals surface area contributed by atoms with Gasteiger partial charge in [-0.3, -0.25) is 14.5 Å². The first-order valence-corrected chi connectivity index (χ1v) is 9.53. The smallest absolute Gasteiger partial charge is 0.411 e. The average molecular weight is 420 g/mol. The van der Waals surface area contributed by atoms with Crippen LogP contribution in [0.5, 0.6) is 0 Å². The van der Waals surface area contributed by atoms with Crippen molar-refractivity contribution in [2.45, 2.75) is 26.9 Å². The third kappa shape index (κ3) is 4.53. The molecule has 4 aromatic rings. The second-order valence-electron chi connectivity index (χ2n) is 7.06. The summed E-state index contributed by atoms with van der Waals surface area (Å²) in [6, 6.07) is 7.24. The largest absolute Gasteiger partial charge is 0.447 e. The number of carbonyl (C=O) groups is 2. The van der Waals surface area contributed by atoms with Crippen LogP contribution in [0, 0.1) is 6.92 Å². The van der Waals surface area contributed by atoms with E-state index in [2.05, 4.69) is 25.6 Å². The fraction of sp³-hybridized carbons (Fsp3) is 0.190. The lowest BCUT2D eigenvalue weighted by Gasteiger charge is -2.09. The second-order valence-corrected chi connectivity index (χ2v) is 7.06. The fourth-order valence-corrected chi connectivity index (χ4v) is 2.91. The van der Waals surface area contributed by atoms with E-state index in [0.29, 0.717) is 28.5 Å². The molecule has 1 aromatic carbocycles. The number of hydrogen-bond acceptors (Lipinski definition) is 7. The maximum atomic E-state index is 12.4. The van der Waals surface area contributed by atoms with Gasteiger partial charge >= 0.3 is 6.09 Å². The minimum absolute atomic E-state index is 0.165. The topological polar surface area (TPSA) is 124 Å². The van der Waals surface area contributed by atoms with Crippen LogP contribution in [0.25, 0.3) is 17.0 Å². The first-order valence-electron chi connectivity index (χ1n) is 9.53. The van der Waals surface area contributed by atoms with E-state index < -0.39 is 6.09 Å². The molecule has 10 nitrogen and oxygen atoms in total. The molecule has 2 amide bonds. The van der Waals surface area contributed by atoms with Gasteiger partial charge in [-0.15, -0.1) is 0 Å². The van der Waals surface area contributed by atoms with Crippen LogP contribution in [-0.2, 0) is 4.74 Å². The standard InChI is InChI=1S/C21H20N6O4/c1-12(2)31-21(29)25-16-8-22-20-26-17(10-27(20)9-16)14-5-4-6-15(7-14)24-19(28)18-13(3)23-11-30-18/h4-12H,1-3H3,(H,24,28)(H,25,29). The van der Waals surface area contributed by atoms with Gasteiger partial charge in [0.15, 0.2) is 6.39 Å². The first kappa shape index (κ1) is 20.1. The molecule has 0 aliphatic rings. The number of carbonyl (C=O) groups excluding carboxylic acids is 2. The quantitative estimate of drug-likeness (QED) is 0.502. The van der Waals surface area contributed by atoms with Crippen molar-refractivity contribution in [1.29, 1.82) is 0 Å². The molecular weight excluding hydrogens is 400 g/mol. The summed E-state index contributed by atoms with van der Waals surface area (Å²) < 4.78 is 11.9. The molecule has 2 N–H and O–H groups in total. The number of rotatable bonds is 5. The van der Waals surface area contributed by atoms with Crippen molar-refractivity contribution in [2.75, 3.05) is 10.6 Å². The number of oxazole rings is 1. The second kappa shape index (κ2) is 8.27. The van der Waals surface area contributed by atoms with E-state index >= 15 is 0 Å². The Kier molecular flexibility index (Phi) is 5.35. The minimum Gasteiger partial charge on any atom is -0.447 e. The number of aryl methyl sites for hydroxylation is 1. The number of amides is 2. The molecule has 0 aliphatic carbocycles. The fourth-order valence-electron chi connectivity index (χ4n) is 2.91. The van der Waals surface area contributed by atoms with Crippen LogP contribution in [0.2, 0.25) is 0 Å². The Morgan fingerprint density at radius 3 is 2.71 bits per heavy atom. The molecule has 4 rings (SSSR count). The predicted octanol–water partition coefficient (Wildman–Crippen LogP) is 3.90. The minimum atomic E-state index is -0.554. The molecule has 158 valence electrons. The van der Waals surface area contributed by atoms with Gasteiger partial charge < -0.3 is 14.5 Å². The van der Waals surface area contributed by atoms with Crippen molar-refractivity contribution >= 4 is 29.2 Å². The highest BCUT2D eigenvalue weighted by Gasteiger charge is 2.15. The molecule has 10 heteroatoms. The Morgan fingerprint density at radius 2 is 1.97 bits per heavy atom. The van der Waals surface area contributed by atoms with E-state index in [1.165, 1.54) is 12.6 Å². The van der Waals surface area contributed by atoms with Crippen LogP contribution in [0.3, 0.4) is 0 Å². The number of nitrogens with one attached hydrogen (secondary N) is 2. The average Bonchev–Trinajstić information content (AvgIpc) is 3.33. The van der Waals surface area contributed by atoms with Gasteiger partial charge in [0.05, 0.1) is 29.4 Å². The van der Waals surface area contributed by atoms with E-state index in [4.69, 9.17) is 9.15 Å². The zero-order chi connectivity index (χ0) is 22.0. The Bertz CT molecular complexity index is 1260. The van der Waals surface area contributed by atoms with Crippen LogP contribution in [-0.4, -0.2) is 37.5 Å². The van der Waals surface area contributed by atoms with Gasteiger partial charge in [0, 0.05) is 23.6 Å². The molecular formula is C21H20N6O4. The van der Waals surface area contributed by atoms with Crippen LogP contribution in [0.15, 0.2) is 53.7 Å². The highest BCUT2D eigenvalue weighted by atomic mass is 16.6. The van der Waals surface area contributed by atoms with Gasteiger partial charge in [-0.25, -0.2) is 19.7 Å². The van der Waals surface area contributed by atoms with Crippen molar-refractivity contribution in [3.63, 3.8) is 0 Å². The molecule has 3 aromatic heterocycles. The Hall–Kier alpha value is -4.21. The van der Waals surface area contributed by atoms with Crippen molar-refractivity contribution in [1.82, 2.24) is 19.4 Å². The number of ether oxygens (including phenoxy) is 1. The number of hydrogen-bond donors (Lipinski definition) is 2. The molecule has 0 unspecified atom stereocenters. The number of benzene rings is 1. The maximum Gasteiger partial charge on any atom is 0.411 e. The van der Waals surface area contributed by atoms with Gasteiger partial charge in [0.2, 0.25) is 11.5 Å². The summed E-state index contributed by atoms with van der Waals surface area (Å²) in [5.74, 6) is 0.246.